The van der Waals surface area contributed by atoms with E-state index in [9.17, 15) is 4.21 Å². The molecule has 0 bridgehead atoms. The van der Waals surface area contributed by atoms with E-state index in [1.807, 2.05) is 6.92 Å². The maximum absolute atomic E-state index is 11.1. The summed E-state index contributed by atoms with van der Waals surface area (Å²) >= 11 is 5.90. The monoisotopic (exact) mass is 247 g/mol. The number of nitrogens with zero attached hydrogens (tertiary/aromatic N) is 1. The first-order valence-corrected chi connectivity index (χ1v) is 6.50. The van der Waals surface area contributed by atoms with Crippen molar-refractivity contribution in [2.24, 2.45) is 0 Å². The lowest BCUT2D eigenvalue weighted by Crippen LogP contribution is -2.13. The van der Waals surface area contributed by atoms with Crippen LogP contribution in [0.5, 0.6) is 0 Å². The minimum absolute atomic E-state index is 0.484. The Bertz CT molecular complexity index is 359. The molecule has 0 fully saturated rings. The molecule has 0 aromatic carbocycles. The van der Waals surface area contributed by atoms with E-state index < -0.39 is 10.8 Å². The summed E-state index contributed by atoms with van der Waals surface area (Å²) in [5.41, 5.74) is 6.03. The highest BCUT2D eigenvalue weighted by molar-refractivity contribution is 7.84. The first-order valence-electron chi connectivity index (χ1n) is 4.63. The predicted octanol–water partition coefficient (Wildman–Crippen LogP) is 1.50. The maximum Gasteiger partial charge on any atom is 0.144 e. The van der Waals surface area contributed by atoms with Gasteiger partial charge in [0.1, 0.15) is 5.82 Å². The predicted molar refractivity (Wildman–Crippen MR) is 65.7 cm³/mol. The van der Waals surface area contributed by atoms with Crippen molar-refractivity contribution >= 4 is 33.9 Å². The average Bonchev–Trinajstić information content (AvgIpc) is 2.21. The van der Waals surface area contributed by atoms with Gasteiger partial charge in [-0.25, -0.2) is 4.98 Å². The molecule has 0 aliphatic carbocycles. The van der Waals surface area contributed by atoms with E-state index in [1.165, 1.54) is 6.20 Å². The van der Waals surface area contributed by atoms with Gasteiger partial charge in [0.2, 0.25) is 0 Å². The van der Waals surface area contributed by atoms with Crippen molar-refractivity contribution in [3.05, 3.63) is 17.3 Å². The molecule has 84 valence electrons. The third kappa shape index (κ3) is 4.05. The lowest BCUT2D eigenvalue weighted by Gasteiger charge is -2.06. The van der Waals surface area contributed by atoms with Gasteiger partial charge in [-0.05, 0) is 6.07 Å². The van der Waals surface area contributed by atoms with Gasteiger partial charge < -0.3 is 11.1 Å². The van der Waals surface area contributed by atoms with Crippen LogP contribution in [0.2, 0.25) is 5.02 Å². The van der Waals surface area contributed by atoms with Gasteiger partial charge in [-0.15, -0.1) is 0 Å². The van der Waals surface area contributed by atoms with Crippen LogP contribution in [0.25, 0.3) is 0 Å². The molecule has 4 nitrogen and oxygen atoms in total. The first-order chi connectivity index (χ1) is 7.13. The van der Waals surface area contributed by atoms with Gasteiger partial charge >= 0.3 is 0 Å². The average molecular weight is 248 g/mol. The minimum Gasteiger partial charge on any atom is -0.397 e. The van der Waals surface area contributed by atoms with Gasteiger partial charge in [-0.1, -0.05) is 18.5 Å². The van der Waals surface area contributed by atoms with Crippen molar-refractivity contribution in [1.82, 2.24) is 4.98 Å². The second-order valence-corrected chi connectivity index (χ2v) is 5.23. The van der Waals surface area contributed by atoms with Crippen LogP contribution in [0, 0.1) is 0 Å². The van der Waals surface area contributed by atoms with Crippen LogP contribution in [0.1, 0.15) is 6.92 Å². The highest BCUT2D eigenvalue weighted by Gasteiger charge is 2.02. The van der Waals surface area contributed by atoms with Crippen LogP contribution in [-0.4, -0.2) is 27.2 Å². The molecule has 0 amide bonds. The minimum atomic E-state index is -0.770. The number of anilines is 2. The van der Waals surface area contributed by atoms with E-state index in [4.69, 9.17) is 17.3 Å². The molecule has 0 saturated heterocycles. The van der Waals surface area contributed by atoms with E-state index in [-0.39, 0.29) is 0 Å². The summed E-state index contributed by atoms with van der Waals surface area (Å²) in [5.74, 6) is 1.85. The molecular formula is C9H14ClN3OS. The zero-order valence-electron chi connectivity index (χ0n) is 8.50. The lowest BCUT2D eigenvalue weighted by molar-refractivity contribution is 0.684. The number of aromatic nitrogens is 1. The van der Waals surface area contributed by atoms with Crippen LogP contribution in [0.3, 0.4) is 0 Å². The Kier molecular flexibility index (Phi) is 4.84. The van der Waals surface area contributed by atoms with Crippen molar-refractivity contribution in [3.63, 3.8) is 0 Å². The smallest absolute Gasteiger partial charge is 0.144 e. The fraction of sp³-hybridized carbons (Fsp3) is 0.444. The molecule has 1 aromatic rings. The van der Waals surface area contributed by atoms with Crippen molar-refractivity contribution in [2.75, 3.05) is 29.1 Å². The molecule has 1 unspecified atom stereocenters. The van der Waals surface area contributed by atoms with E-state index in [2.05, 4.69) is 10.3 Å². The van der Waals surface area contributed by atoms with Crippen LogP contribution in [0.15, 0.2) is 12.3 Å². The zero-order chi connectivity index (χ0) is 11.3. The van der Waals surface area contributed by atoms with Crippen molar-refractivity contribution in [1.29, 1.82) is 0 Å². The number of nitrogens with one attached hydrogen (secondary N) is 1. The maximum atomic E-state index is 11.1. The molecule has 15 heavy (non-hydrogen) atoms. The third-order valence-electron chi connectivity index (χ3n) is 1.81. The van der Waals surface area contributed by atoms with Crippen LogP contribution in [0.4, 0.5) is 11.5 Å². The molecular weight excluding hydrogens is 234 g/mol. The summed E-state index contributed by atoms with van der Waals surface area (Å²) in [4.78, 5) is 4.03. The van der Waals surface area contributed by atoms with E-state index >= 15 is 0 Å². The number of nitrogens with two attached hydrogens (primary N) is 1. The Balaban J connectivity index is 2.47. The van der Waals surface area contributed by atoms with E-state index in [0.29, 0.717) is 34.6 Å². The number of halogens is 1. The molecule has 0 spiro atoms. The second-order valence-electron chi connectivity index (χ2n) is 2.96. The first kappa shape index (κ1) is 12.3. The number of pyridine rings is 1. The summed E-state index contributed by atoms with van der Waals surface area (Å²) in [7, 11) is -0.770. The number of nitrogen functional groups attached to an aromatic ring is 1. The summed E-state index contributed by atoms with van der Waals surface area (Å²) < 4.78 is 11.1. The molecule has 0 aliphatic heterocycles. The molecule has 0 radical (unpaired) electrons. The molecule has 3 N–H and O–H groups in total. The summed E-state index contributed by atoms with van der Waals surface area (Å²) in [5, 5.41) is 3.50. The Labute approximate surface area is 96.7 Å². The fourth-order valence-corrected chi connectivity index (χ4v) is 1.87. The van der Waals surface area contributed by atoms with Gasteiger partial charge in [0.05, 0.1) is 16.9 Å². The molecule has 1 heterocycles. The van der Waals surface area contributed by atoms with Gasteiger partial charge in [-0.2, -0.15) is 0 Å². The van der Waals surface area contributed by atoms with E-state index in [1.54, 1.807) is 6.07 Å². The summed E-state index contributed by atoms with van der Waals surface area (Å²) in [6.07, 6.45) is 1.53. The normalized spacial score (nSPS) is 12.4. The van der Waals surface area contributed by atoms with Crippen LogP contribution in [-0.2, 0) is 10.8 Å². The Morgan fingerprint density at radius 3 is 3.00 bits per heavy atom. The molecule has 0 saturated carbocycles. The summed E-state index contributed by atoms with van der Waals surface area (Å²) in [6, 6.07) is 1.63. The fourth-order valence-electron chi connectivity index (χ4n) is 1.01. The van der Waals surface area contributed by atoms with Crippen molar-refractivity contribution in [2.45, 2.75) is 6.92 Å². The van der Waals surface area contributed by atoms with Gasteiger partial charge in [0.15, 0.2) is 0 Å². The van der Waals surface area contributed by atoms with Crippen LogP contribution < -0.4 is 11.1 Å². The molecule has 1 atom stereocenters. The Morgan fingerprint density at radius 1 is 1.67 bits per heavy atom. The zero-order valence-corrected chi connectivity index (χ0v) is 10.1. The number of hydrogen-bond donors (Lipinski definition) is 2. The van der Waals surface area contributed by atoms with E-state index in [0.717, 1.165) is 0 Å². The molecule has 1 rings (SSSR count). The quantitative estimate of drug-likeness (QED) is 0.828. The van der Waals surface area contributed by atoms with Gasteiger partial charge in [0, 0.05) is 28.9 Å². The Hall–Kier alpha value is -0.810. The highest BCUT2D eigenvalue weighted by atomic mass is 35.5. The van der Waals surface area contributed by atoms with Crippen LogP contribution >= 0.6 is 11.6 Å². The van der Waals surface area contributed by atoms with Gasteiger partial charge in [-0.3, -0.25) is 4.21 Å². The number of hydrogen-bond acceptors (Lipinski definition) is 4. The standard InChI is InChI=1S/C9H14ClN3OS/c1-2-15(14)4-3-12-9-8(10)5-7(11)6-13-9/h5-6H,2-4,11H2,1H3,(H,12,13). The summed E-state index contributed by atoms with van der Waals surface area (Å²) in [6.45, 7) is 2.49. The topological polar surface area (TPSA) is 68.0 Å². The molecule has 6 heteroatoms. The molecule has 1 aromatic heterocycles. The van der Waals surface area contributed by atoms with Crippen molar-refractivity contribution < 1.29 is 4.21 Å². The highest BCUT2D eigenvalue weighted by Crippen LogP contribution is 2.20. The Morgan fingerprint density at radius 2 is 2.40 bits per heavy atom. The van der Waals surface area contributed by atoms with Crippen molar-refractivity contribution in [3.8, 4) is 0 Å². The second kappa shape index (κ2) is 5.92. The van der Waals surface area contributed by atoms with Gasteiger partial charge in [0.25, 0.3) is 0 Å². The third-order valence-corrected chi connectivity index (χ3v) is 3.40. The largest absolute Gasteiger partial charge is 0.397 e. The number of rotatable bonds is 5. The molecule has 0 aliphatic rings. The SMILES string of the molecule is CCS(=O)CCNc1ncc(N)cc1Cl. The lowest BCUT2D eigenvalue weighted by atomic mass is 10.4.